The zero-order valence-electron chi connectivity index (χ0n) is 12.1. The molecule has 0 amide bonds. The first kappa shape index (κ1) is 14.5. The van der Waals surface area contributed by atoms with Crippen molar-refractivity contribution < 1.29 is 14.2 Å². The molecule has 0 bridgehead atoms. The Bertz CT molecular complexity index is 691. The molecular formula is C16H16N2O3S. The molecule has 6 heteroatoms. The first-order chi connectivity index (χ1) is 10.7. The number of thiocarbonyl (C=S) groups is 1. The van der Waals surface area contributed by atoms with Gasteiger partial charge in [0.25, 0.3) is 0 Å². The Balaban J connectivity index is 1.56. The molecule has 0 unspecified atom stereocenters. The largest absolute Gasteiger partial charge is 0.497 e. The number of hydrogen-bond donors (Lipinski definition) is 2. The number of methoxy groups -OCH3 is 1. The van der Waals surface area contributed by atoms with Crippen LogP contribution in [-0.2, 0) is 6.54 Å². The van der Waals surface area contributed by atoms with Crippen molar-refractivity contribution >= 4 is 23.0 Å². The highest BCUT2D eigenvalue weighted by Crippen LogP contribution is 2.32. The molecule has 1 aliphatic heterocycles. The van der Waals surface area contributed by atoms with Crippen molar-refractivity contribution in [1.82, 2.24) is 5.32 Å². The Kier molecular flexibility index (Phi) is 4.29. The van der Waals surface area contributed by atoms with Crippen LogP contribution in [0.3, 0.4) is 0 Å². The molecule has 1 aliphatic rings. The van der Waals surface area contributed by atoms with Crippen molar-refractivity contribution in [2.45, 2.75) is 6.54 Å². The summed E-state index contributed by atoms with van der Waals surface area (Å²) < 4.78 is 15.8. The van der Waals surface area contributed by atoms with E-state index in [0.717, 1.165) is 28.5 Å². The zero-order chi connectivity index (χ0) is 15.4. The topological polar surface area (TPSA) is 51.8 Å². The molecule has 0 aliphatic carbocycles. The Hall–Kier alpha value is -2.47. The van der Waals surface area contributed by atoms with Gasteiger partial charge in [-0.25, -0.2) is 0 Å². The minimum atomic E-state index is 0.280. The van der Waals surface area contributed by atoms with Gasteiger partial charge in [0.05, 0.1) is 7.11 Å². The Morgan fingerprint density at radius 2 is 2.05 bits per heavy atom. The highest BCUT2D eigenvalue weighted by molar-refractivity contribution is 7.80. The van der Waals surface area contributed by atoms with Crippen LogP contribution in [0.1, 0.15) is 5.56 Å². The second-order valence-corrected chi connectivity index (χ2v) is 5.14. The van der Waals surface area contributed by atoms with Crippen molar-refractivity contribution in [2.24, 2.45) is 0 Å². The number of hydrogen-bond acceptors (Lipinski definition) is 4. The third-order valence-electron chi connectivity index (χ3n) is 3.22. The van der Waals surface area contributed by atoms with Crippen LogP contribution >= 0.6 is 12.2 Å². The number of fused-ring (bicyclic) bond motifs is 1. The second-order valence-electron chi connectivity index (χ2n) is 4.73. The van der Waals surface area contributed by atoms with Crippen molar-refractivity contribution in [3.63, 3.8) is 0 Å². The molecule has 2 N–H and O–H groups in total. The molecule has 0 radical (unpaired) electrons. The van der Waals surface area contributed by atoms with E-state index in [1.165, 1.54) is 0 Å². The number of ether oxygens (including phenoxy) is 3. The van der Waals surface area contributed by atoms with E-state index in [1.807, 2.05) is 42.5 Å². The first-order valence-electron chi connectivity index (χ1n) is 6.82. The molecule has 0 saturated carbocycles. The molecule has 2 aromatic rings. The highest BCUT2D eigenvalue weighted by Gasteiger charge is 2.13. The van der Waals surface area contributed by atoms with E-state index in [4.69, 9.17) is 26.4 Å². The van der Waals surface area contributed by atoms with Crippen molar-refractivity contribution in [1.29, 1.82) is 0 Å². The second kappa shape index (κ2) is 6.53. The summed E-state index contributed by atoms with van der Waals surface area (Å²) in [6.07, 6.45) is 0. The van der Waals surface area contributed by atoms with Crippen molar-refractivity contribution in [2.75, 3.05) is 19.2 Å². The summed E-state index contributed by atoms with van der Waals surface area (Å²) in [4.78, 5) is 0. The molecule has 1 heterocycles. The smallest absolute Gasteiger partial charge is 0.231 e. The molecule has 22 heavy (non-hydrogen) atoms. The van der Waals surface area contributed by atoms with Crippen molar-refractivity contribution in [3.05, 3.63) is 48.0 Å². The van der Waals surface area contributed by atoms with Crippen LogP contribution in [0, 0.1) is 0 Å². The Morgan fingerprint density at radius 1 is 1.18 bits per heavy atom. The molecule has 0 spiro atoms. The lowest BCUT2D eigenvalue weighted by Gasteiger charge is -2.11. The standard InChI is InChI=1S/C16H16N2O3S/c1-19-13-4-2-3-12(8-13)18-16(22)17-9-11-5-6-14-15(7-11)21-10-20-14/h2-8H,9-10H2,1H3,(H2,17,18,22). The van der Waals surface area contributed by atoms with Gasteiger partial charge >= 0.3 is 0 Å². The van der Waals surface area contributed by atoms with Gasteiger partial charge in [0.2, 0.25) is 6.79 Å². The van der Waals surface area contributed by atoms with Gasteiger partial charge in [-0.2, -0.15) is 0 Å². The Labute approximate surface area is 134 Å². The molecule has 3 rings (SSSR count). The summed E-state index contributed by atoms with van der Waals surface area (Å²) in [5, 5.41) is 6.83. The average Bonchev–Trinajstić information content (AvgIpc) is 3.00. The number of nitrogens with one attached hydrogen (secondary N) is 2. The van der Waals surface area contributed by atoms with Gasteiger partial charge < -0.3 is 24.8 Å². The van der Waals surface area contributed by atoms with Gasteiger partial charge in [0.15, 0.2) is 16.6 Å². The van der Waals surface area contributed by atoms with Gasteiger partial charge in [-0.15, -0.1) is 0 Å². The lowest BCUT2D eigenvalue weighted by molar-refractivity contribution is 0.174. The monoisotopic (exact) mass is 316 g/mol. The SMILES string of the molecule is COc1cccc(NC(=S)NCc2ccc3c(c2)OCO3)c1. The minimum Gasteiger partial charge on any atom is -0.497 e. The maximum atomic E-state index is 5.35. The summed E-state index contributed by atoms with van der Waals surface area (Å²) >= 11 is 5.30. The summed E-state index contributed by atoms with van der Waals surface area (Å²) in [6.45, 7) is 0.883. The predicted molar refractivity (Wildman–Crippen MR) is 88.6 cm³/mol. The van der Waals surface area contributed by atoms with E-state index < -0.39 is 0 Å². The fourth-order valence-electron chi connectivity index (χ4n) is 2.11. The zero-order valence-corrected chi connectivity index (χ0v) is 12.9. The summed E-state index contributed by atoms with van der Waals surface area (Å²) in [5.41, 5.74) is 1.95. The molecular weight excluding hydrogens is 300 g/mol. The third-order valence-corrected chi connectivity index (χ3v) is 3.46. The quantitative estimate of drug-likeness (QED) is 0.846. The maximum Gasteiger partial charge on any atom is 0.231 e. The summed E-state index contributed by atoms with van der Waals surface area (Å²) in [6, 6.07) is 13.4. The molecule has 2 aromatic carbocycles. The molecule has 114 valence electrons. The normalized spacial score (nSPS) is 11.9. The number of benzene rings is 2. The lowest BCUT2D eigenvalue weighted by Crippen LogP contribution is -2.27. The van der Waals surface area contributed by atoms with E-state index in [0.29, 0.717) is 11.7 Å². The molecule has 0 saturated heterocycles. The van der Waals surface area contributed by atoms with Crippen LogP contribution in [0.5, 0.6) is 17.2 Å². The highest BCUT2D eigenvalue weighted by atomic mass is 32.1. The van der Waals surface area contributed by atoms with Gasteiger partial charge in [0, 0.05) is 18.3 Å². The Morgan fingerprint density at radius 3 is 2.91 bits per heavy atom. The van der Waals surface area contributed by atoms with E-state index in [1.54, 1.807) is 7.11 Å². The van der Waals surface area contributed by atoms with Crippen LogP contribution in [0.2, 0.25) is 0 Å². The first-order valence-corrected chi connectivity index (χ1v) is 7.23. The molecule has 0 atom stereocenters. The van der Waals surface area contributed by atoms with Crippen LogP contribution < -0.4 is 24.8 Å². The van der Waals surface area contributed by atoms with Gasteiger partial charge in [-0.1, -0.05) is 12.1 Å². The fraction of sp³-hybridized carbons (Fsp3) is 0.188. The number of rotatable bonds is 4. The average molecular weight is 316 g/mol. The molecule has 5 nitrogen and oxygen atoms in total. The van der Waals surface area contributed by atoms with E-state index in [9.17, 15) is 0 Å². The van der Waals surface area contributed by atoms with Gasteiger partial charge in [0.1, 0.15) is 5.75 Å². The minimum absolute atomic E-state index is 0.280. The number of anilines is 1. The summed E-state index contributed by atoms with van der Waals surface area (Å²) in [7, 11) is 1.63. The van der Waals surface area contributed by atoms with E-state index in [-0.39, 0.29) is 6.79 Å². The predicted octanol–water partition coefficient (Wildman–Crippen LogP) is 2.91. The maximum absolute atomic E-state index is 5.35. The van der Waals surface area contributed by atoms with Gasteiger partial charge in [-0.3, -0.25) is 0 Å². The molecule has 0 aromatic heterocycles. The van der Waals surface area contributed by atoms with Gasteiger partial charge in [-0.05, 0) is 42.0 Å². The van der Waals surface area contributed by atoms with Crippen LogP contribution in [0.25, 0.3) is 0 Å². The van der Waals surface area contributed by atoms with Crippen LogP contribution in [0.4, 0.5) is 5.69 Å². The lowest BCUT2D eigenvalue weighted by atomic mass is 10.2. The fourth-order valence-corrected chi connectivity index (χ4v) is 2.30. The molecule has 0 fully saturated rings. The van der Waals surface area contributed by atoms with E-state index in [2.05, 4.69) is 10.6 Å². The third kappa shape index (κ3) is 3.40. The van der Waals surface area contributed by atoms with Crippen LogP contribution in [0.15, 0.2) is 42.5 Å². The van der Waals surface area contributed by atoms with Crippen LogP contribution in [-0.4, -0.2) is 19.0 Å². The summed E-state index contributed by atoms with van der Waals surface area (Å²) in [5.74, 6) is 2.33. The van der Waals surface area contributed by atoms with E-state index >= 15 is 0 Å². The van der Waals surface area contributed by atoms with Crippen molar-refractivity contribution in [3.8, 4) is 17.2 Å².